The van der Waals surface area contributed by atoms with E-state index in [4.69, 9.17) is 10.5 Å². The molecule has 0 saturated carbocycles. The van der Waals surface area contributed by atoms with Gasteiger partial charge in [0.25, 0.3) is 0 Å². The Morgan fingerprint density at radius 2 is 2.10 bits per heavy atom. The quantitative estimate of drug-likeness (QED) is 0.482. The second-order valence-electron chi connectivity index (χ2n) is 1.75. The fourth-order valence-electron chi connectivity index (χ4n) is 0.419. The van der Waals surface area contributed by atoms with Crippen LogP contribution in [0.3, 0.4) is 0 Å². The van der Waals surface area contributed by atoms with Crippen LogP contribution >= 0.6 is 23.5 Å². The van der Waals surface area contributed by atoms with E-state index in [9.17, 15) is 0 Å². The monoisotopic (exact) mass is 172 g/mol. The topological polar surface area (TPSA) is 47.6 Å². The van der Waals surface area contributed by atoms with Gasteiger partial charge in [0.1, 0.15) is 10.8 Å². The Labute approximate surface area is 69.6 Å². The fourth-order valence-corrected chi connectivity index (χ4v) is 1.55. The molecule has 0 heterocycles. The van der Waals surface area contributed by atoms with E-state index in [1.54, 1.807) is 0 Å². The van der Waals surface area contributed by atoms with Crippen molar-refractivity contribution in [1.29, 1.82) is 10.5 Å². The summed E-state index contributed by atoms with van der Waals surface area (Å²) in [7, 11) is 0. The number of nitriles is 2. The average Bonchev–Trinajstić information content (AvgIpc) is 1.89. The van der Waals surface area contributed by atoms with Crippen LogP contribution in [0.2, 0.25) is 0 Å². The third-order valence-electron chi connectivity index (χ3n) is 0.945. The minimum absolute atomic E-state index is 0.353. The summed E-state index contributed by atoms with van der Waals surface area (Å²) in [5.74, 6) is 0.826. The Hall–Kier alpha value is -0.320. The van der Waals surface area contributed by atoms with E-state index in [0.29, 0.717) is 5.25 Å². The van der Waals surface area contributed by atoms with Gasteiger partial charge < -0.3 is 0 Å². The van der Waals surface area contributed by atoms with Crippen molar-refractivity contribution in [1.82, 2.24) is 0 Å². The molecule has 0 saturated heterocycles. The Balaban J connectivity index is 3.16. The van der Waals surface area contributed by atoms with Gasteiger partial charge in [-0.05, 0) is 29.9 Å². The normalized spacial score (nSPS) is 11.5. The van der Waals surface area contributed by atoms with Gasteiger partial charge in [0, 0.05) is 11.0 Å². The number of nitrogens with zero attached hydrogens (tertiary/aromatic N) is 2. The van der Waals surface area contributed by atoms with Crippen molar-refractivity contribution in [3.63, 3.8) is 0 Å². The van der Waals surface area contributed by atoms with Gasteiger partial charge in [-0.1, -0.05) is 6.92 Å². The summed E-state index contributed by atoms with van der Waals surface area (Å²) < 4.78 is 0. The maximum atomic E-state index is 8.23. The highest BCUT2D eigenvalue weighted by Gasteiger charge is 2.00. The molecule has 1 unspecified atom stereocenters. The smallest absolute Gasteiger partial charge is 0.133 e. The molecule has 0 bridgehead atoms. The molecule has 1 atom stereocenters. The second kappa shape index (κ2) is 6.80. The Bertz CT molecular complexity index is 156. The number of thioether (sulfide) groups is 2. The zero-order valence-corrected chi connectivity index (χ0v) is 7.34. The Morgan fingerprint density at radius 1 is 1.40 bits per heavy atom. The molecular weight excluding hydrogens is 164 g/mol. The molecule has 0 aromatic carbocycles. The van der Waals surface area contributed by atoms with Crippen molar-refractivity contribution in [3.8, 4) is 10.8 Å². The van der Waals surface area contributed by atoms with Crippen LogP contribution in [-0.4, -0.2) is 11.0 Å². The van der Waals surface area contributed by atoms with Crippen LogP contribution in [0.1, 0.15) is 13.3 Å². The van der Waals surface area contributed by atoms with Gasteiger partial charge in [-0.2, -0.15) is 10.5 Å². The maximum Gasteiger partial charge on any atom is 0.133 e. The highest BCUT2D eigenvalue weighted by atomic mass is 32.2. The first-order valence-corrected chi connectivity index (χ1v) is 4.73. The first kappa shape index (κ1) is 9.68. The Morgan fingerprint density at radius 3 is 2.60 bits per heavy atom. The van der Waals surface area contributed by atoms with Crippen LogP contribution in [0, 0.1) is 21.3 Å². The second-order valence-corrected chi connectivity index (χ2v) is 3.85. The largest absolute Gasteiger partial charge is 0.185 e. The summed E-state index contributed by atoms with van der Waals surface area (Å²) >= 11 is 2.51. The number of hydrogen-bond acceptors (Lipinski definition) is 4. The molecule has 0 fully saturated rings. The lowest BCUT2D eigenvalue weighted by molar-refractivity contribution is 0.923. The number of rotatable bonds is 4. The molecule has 2 nitrogen and oxygen atoms in total. The first-order chi connectivity index (χ1) is 4.81. The zero-order valence-electron chi connectivity index (χ0n) is 5.70. The molecule has 54 valence electrons. The highest BCUT2D eigenvalue weighted by molar-refractivity contribution is 8.04. The molecule has 4 heteroatoms. The Kier molecular flexibility index (Phi) is 6.58. The molecule has 0 spiro atoms. The summed E-state index contributed by atoms with van der Waals surface area (Å²) in [4.78, 5) is 0. The molecule has 0 aliphatic rings. The molecule has 0 amide bonds. The highest BCUT2D eigenvalue weighted by Crippen LogP contribution is 2.14. The van der Waals surface area contributed by atoms with Crippen LogP contribution in [0.4, 0.5) is 0 Å². The molecule has 0 N–H and O–H groups in total. The van der Waals surface area contributed by atoms with E-state index in [2.05, 4.69) is 0 Å². The van der Waals surface area contributed by atoms with Gasteiger partial charge in [0.2, 0.25) is 0 Å². The summed E-state index contributed by atoms with van der Waals surface area (Å²) in [6.45, 7) is 1.99. The van der Waals surface area contributed by atoms with E-state index in [-0.39, 0.29) is 0 Å². The van der Waals surface area contributed by atoms with Gasteiger partial charge in [0.05, 0.1) is 0 Å². The standard InChI is InChI=1S/C6H8N2S2/c1-6(10-5-8)2-3-9-4-7/h6H,2-3H2,1H3. The predicted molar refractivity (Wildman–Crippen MR) is 45.4 cm³/mol. The van der Waals surface area contributed by atoms with Gasteiger partial charge in [0.15, 0.2) is 0 Å². The van der Waals surface area contributed by atoms with Gasteiger partial charge in [-0.15, -0.1) is 0 Å². The van der Waals surface area contributed by atoms with E-state index < -0.39 is 0 Å². The predicted octanol–water partition coefficient (Wildman–Crippen LogP) is 2.19. The van der Waals surface area contributed by atoms with Crippen molar-refractivity contribution >= 4 is 23.5 Å². The van der Waals surface area contributed by atoms with Crippen LogP contribution in [0.25, 0.3) is 0 Å². The van der Waals surface area contributed by atoms with Gasteiger partial charge >= 0.3 is 0 Å². The first-order valence-electron chi connectivity index (χ1n) is 2.87. The molecule has 0 rings (SSSR count). The number of hydrogen-bond donors (Lipinski definition) is 0. The van der Waals surface area contributed by atoms with Crippen molar-refractivity contribution < 1.29 is 0 Å². The summed E-state index contributed by atoms with van der Waals surface area (Å²) in [5.41, 5.74) is 0. The van der Waals surface area contributed by atoms with Crippen molar-refractivity contribution in [2.24, 2.45) is 0 Å². The molecule has 10 heavy (non-hydrogen) atoms. The maximum absolute atomic E-state index is 8.23. The minimum atomic E-state index is 0.353. The van der Waals surface area contributed by atoms with Crippen LogP contribution in [0.5, 0.6) is 0 Å². The van der Waals surface area contributed by atoms with Gasteiger partial charge in [-0.3, -0.25) is 0 Å². The fraction of sp³-hybridized carbons (Fsp3) is 0.667. The molecule has 0 aliphatic carbocycles. The molecule has 0 aromatic rings. The molecule has 0 aromatic heterocycles. The summed E-state index contributed by atoms with van der Waals surface area (Å²) in [6.07, 6.45) is 0.927. The minimum Gasteiger partial charge on any atom is -0.185 e. The summed E-state index contributed by atoms with van der Waals surface area (Å²) in [6, 6.07) is 0. The van der Waals surface area contributed by atoms with Crippen LogP contribution in [-0.2, 0) is 0 Å². The third-order valence-corrected chi connectivity index (χ3v) is 2.26. The lowest BCUT2D eigenvalue weighted by Gasteiger charge is -2.00. The lowest BCUT2D eigenvalue weighted by atomic mass is 10.4. The number of thiocyanates is 2. The van der Waals surface area contributed by atoms with E-state index in [1.807, 2.05) is 17.7 Å². The van der Waals surface area contributed by atoms with Crippen molar-refractivity contribution in [2.75, 3.05) is 5.75 Å². The third kappa shape index (κ3) is 5.81. The van der Waals surface area contributed by atoms with E-state index in [0.717, 1.165) is 12.2 Å². The zero-order chi connectivity index (χ0) is 7.82. The van der Waals surface area contributed by atoms with Crippen molar-refractivity contribution in [2.45, 2.75) is 18.6 Å². The SMILES string of the molecule is CC(CCSC#N)SC#N. The van der Waals surface area contributed by atoms with Crippen LogP contribution in [0.15, 0.2) is 0 Å². The molecule has 0 aliphatic heterocycles. The van der Waals surface area contributed by atoms with Crippen LogP contribution < -0.4 is 0 Å². The molecular formula is C6H8N2S2. The van der Waals surface area contributed by atoms with Gasteiger partial charge in [-0.25, -0.2) is 0 Å². The average molecular weight is 172 g/mol. The van der Waals surface area contributed by atoms with E-state index in [1.165, 1.54) is 23.5 Å². The van der Waals surface area contributed by atoms with E-state index >= 15 is 0 Å². The molecule has 0 radical (unpaired) electrons. The lowest BCUT2D eigenvalue weighted by Crippen LogP contribution is -1.95. The summed E-state index contributed by atoms with van der Waals surface area (Å²) in [5, 5.41) is 20.7. The van der Waals surface area contributed by atoms with Crippen molar-refractivity contribution in [3.05, 3.63) is 0 Å².